The number of benzene rings is 1. The summed E-state index contributed by atoms with van der Waals surface area (Å²) in [4.78, 5) is 11.0. The summed E-state index contributed by atoms with van der Waals surface area (Å²) in [5.41, 5.74) is 1.57. The lowest BCUT2D eigenvalue weighted by molar-refractivity contribution is -0.385. The summed E-state index contributed by atoms with van der Waals surface area (Å²) < 4.78 is 0. The van der Waals surface area contributed by atoms with E-state index in [0.29, 0.717) is 16.5 Å². The standard InChI is InChI=1S/C12H14N2O2S/c1-8-2-5-11(14(15)16)10(6-8)12(17)13-7-9-3-4-9/h2,5-6,9H,3-4,7H2,1H3,(H,13,17). The van der Waals surface area contributed by atoms with Crippen LogP contribution in [-0.4, -0.2) is 16.5 Å². The SMILES string of the molecule is Cc1ccc([N+](=O)[O-])c(C(=S)NCC2CC2)c1. The molecule has 1 saturated carbocycles. The minimum absolute atomic E-state index is 0.0731. The van der Waals surface area contributed by atoms with Crippen LogP contribution < -0.4 is 5.32 Å². The molecule has 4 nitrogen and oxygen atoms in total. The fourth-order valence-corrected chi connectivity index (χ4v) is 1.89. The Morgan fingerprint density at radius 3 is 2.88 bits per heavy atom. The zero-order chi connectivity index (χ0) is 12.4. The van der Waals surface area contributed by atoms with Crippen LogP contribution in [0.5, 0.6) is 0 Å². The summed E-state index contributed by atoms with van der Waals surface area (Å²) in [6.07, 6.45) is 2.46. The van der Waals surface area contributed by atoms with Gasteiger partial charge in [-0.25, -0.2) is 0 Å². The minimum atomic E-state index is -0.389. The van der Waals surface area contributed by atoms with Crippen LogP contribution in [0.4, 0.5) is 5.69 Å². The van der Waals surface area contributed by atoms with Crippen LogP contribution >= 0.6 is 12.2 Å². The van der Waals surface area contributed by atoms with E-state index < -0.39 is 0 Å². The first kappa shape index (κ1) is 12.0. The molecule has 0 aliphatic heterocycles. The molecule has 0 amide bonds. The summed E-state index contributed by atoms with van der Waals surface area (Å²) in [6, 6.07) is 5.00. The van der Waals surface area contributed by atoms with Gasteiger partial charge in [0.1, 0.15) is 4.99 Å². The molecule has 0 atom stereocenters. The minimum Gasteiger partial charge on any atom is -0.375 e. The predicted octanol–water partition coefficient (Wildman–Crippen LogP) is 2.58. The van der Waals surface area contributed by atoms with Crippen LogP contribution in [0.3, 0.4) is 0 Å². The number of nitrogens with one attached hydrogen (secondary N) is 1. The van der Waals surface area contributed by atoms with Gasteiger partial charge in [-0.2, -0.15) is 0 Å². The molecule has 0 saturated heterocycles. The highest BCUT2D eigenvalue weighted by atomic mass is 32.1. The molecule has 0 heterocycles. The molecule has 1 fully saturated rings. The summed E-state index contributed by atoms with van der Waals surface area (Å²) >= 11 is 5.22. The lowest BCUT2D eigenvalue weighted by Gasteiger charge is -2.08. The van der Waals surface area contributed by atoms with Gasteiger partial charge in [-0.05, 0) is 37.3 Å². The molecule has 1 N–H and O–H groups in total. The molecular weight excluding hydrogens is 236 g/mol. The maximum absolute atomic E-state index is 10.9. The molecule has 0 bridgehead atoms. The van der Waals surface area contributed by atoms with Crippen molar-refractivity contribution in [1.29, 1.82) is 0 Å². The van der Waals surface area contributed by atoms with Gasteiger partial charge in [-0.15, -0.1) is 0 Å². The van der Waals surface area contributed by atoms with E-state index in [-0.39, 0.29) is 10.6 Å². The Bertz CT molecular complexity index is 470. The second kappa shape index (κ2) is 4.79. The smallest absolute Gasteiger partial charge is 0.279 e. The number of hydrogen-bond acceptors (Lipinski definition) is 3. The molecule has 2 rings (SSSR count). The largest absolute Gasteiger partial charge is 0.375 e. The Kier molecular flexibility index (Phi) is 3.38. The van der Waals surface area contributed by atoms with E-state index in [0.717, 1.165) is 12.1 Å². The van der Waals surface area contributed by atoms with Crippen molar-refractivity contribution in [1.82, 2.24) is 5.32 Å². The van der Waals surface area contributed by atoms with Crippen molar-refractivity contribution in [2.24, 2.45) is 5.92 Å². The maximum atomic E-state index is 10.9. The third-order valence-electron chi connectivity index (χ3n) is 2.84. The zero-order valence-corrected chi connectivity index (χ0v) is 10.4. The van der Waals surface area contributed by atoms with E-state index in [9.17, 15) is 10.1 Å². The highest BCUT2D eigenvalue weighted by Crippen LogP contribution is 2.28. The van der Waals surface area contributed by atoms with Gasteiger partial charge in [-0.1, -0.05) is 18.3 Å². The average Bonchev–Trinajstić information content (AvgIpc) is 3.09. The zero-order valence-electron chi connectivity index (χ0n) is 9.60. The van der Waals surface area contributed by atoms with Crippen LogP contribution in [-0.2, 0) is 0 Å². The topological polar surface area (TPSA) is 55.2 Å². The fourth-order valence-electron chi connectivity index (χ4n) is 1.65. The van der Waals surface area contributed by atoms with E-state index in [4.69, 9.17) is 12.2 Å². The van der Waals surface area contributed by atoms with E-state index in [2.05, 4.69) is 5.32 Å². The summed E-state index contributed by atoms with van der Waals surface area (Å²) in [7, 11) is 0. The molecule has 0 radical (unpaired) electrons. The third kappa shape index (κ3) is 3.00. The van der Waals surface area contributed by atoms with E-state index >= 15 is 0 Å². The molecular formula is C12H14N2O2S. The van der Waals surface area contributed by atoms with Crippen molar-refractivity contribution in [3.63, 3.8) is 0 Å². The highest BCUT2D eigenvalue weighted by Gasteiger charge is 2.23. The van der Waals surface area contributed by atoms with Crippen LogP contribution in [0.25, 0.3) is 0 Å². The second-order valence-electron chi connectivity index (χ2n) is 4.43. The Hall–Kier alpha value is -1.49. The Morgan fingerprint density at radius 2 is 2.29 bits per heavy atom. The molecule has 0 spiro atoms. The van der Waals surface area contributed by atoms with Crippen molar-refractivity contribution in [2.45, 2.75) is 19.8 Å². The monoisotopic (exact) mass is 250 g/mol. The van der Waals surface area contributed by atoms with E-state index in [1.54, 1.807) is 12.1 Å². The van der Waals surface area contributed by atoms with Crippen molar-refractivity contribution >= 4 is 22.9 Å². The van der Waals surface area contributed by atoms with Gasteiger partial charge in [0, 0.05) is 12.6 Å². The van der Waals surface area contributed by atoms with Crippen LogP contribution in [0.1, 0.15) is 24.0 Å². The van der Waals surface area contributed by atoms with Gasteiger partial charge in [0.25, 0.3) is 5.69 Å². The van der Waals surface area contributed by atoms with E-state index in [1.165, 1.54) is 18.9 Å². The number of rotatable bonds is 4. The number of nitrogens with zero attached hydrogens (tertiary/aromatic N) is 1. The van der Waals surface area contributed by atoms with Crippen LogP contribution in [0.15, 0.2) is 18.2 Å². The molecule has 90 valence electrons. The molecule has 17 heavy (non-hydrogen) atoms. The number of nitro benzene ring substituents is 1. The molecule has 0 unspecified atom stereocenters. The van der Waals surface area contributed by atoms with Crippen molar-refractivity contribution in [3.05, 3.63) is 39.4 Å². The van der Waals surface area contributed by atoms with Crippen LogP contribution in [0, 0.1) is 23.0 Å². The van der Waals surface area contributed by atoms with Gasteiger partial charge in [0.2, 0.25) is 0 Å². The second-order valence-corrected chi connectivity index (χ2v) is 4.84. The number of nitro groups is 1. The molecule has 1 aromatic carbocycles. The lowest BCUT2D eigenvalue weighted by atomic mass is 10.1. The molecule has 1 aromatic rings. The predicted molar refractivity (Wildman–Crippen MR) is 70.3 cm³/mol. The molecule has 1 aliphatic rings. The van der Waals surface area contributed by atoms with E-state index in [1.807, 2.05) is 6.92 Å². The highest BCUT2D eigenvalue weighted by molar-refractivity contribution is 7.80. The Morgan fingerprint density at radius 1 is 1.59 bits per heavy atom. The first-order valence-electron chi connectivity index (χ1n) is 5.61. The van der Waals surface area contributed by atoms with Crippen molar-refractivity contribution < 1.29 is 4.92 Å². The summed E-state index contributed by atoms with van der Waals surface area (Å²) in [5, 5.41) is 14.0. The van der Waals surface area contributed by atoms with Crippen LogP contribution in [0.2, 0.25) is 0 Å². The fraction of sp³-hybridized carbons (Fsp3) is 0.417. The number of hydrogen-bond donors (Lipinski definition) is 1. The van der Waals surface area contributed by atoms with Gasteiger partial charge in [0.15, 0.2) is 0 Å². The summed E-state index contributed by atoms with van der Waals surface area (Å²) in [6.45, 7) is 2.72. The van der Waals surface area contributed by atoms with Gasteiger partial charge in [-0.3, -0.25) is 10.1 Å². The summed E-state index contributed by atoms with van der Waals surface area (Å²) in [5.74, 6) is 0.691. The third-order valence-corrected chi connectivity index (χ3v) is 3.21. The molecule has 0 aromatic heterocycles. The van der Waals surface area contributed by atoms with Gasteiger partial charge in [0.05, 0.1) is 10.5 Å². The Labute approximate surface area is 105 Å². The number of thiocarbonyl (C=S) groups is 1. The van der Waals surface area contributed by atoms with Gasteiger partial charge >= 0.3 is 0 Å². The average molecular weight is 250 g/mol. The maximum Gasteiger partial charge on any atom is 0.279 e. The lowest BCUT2D eigenvalue weighted by Crippen LogP contribution is -2.25. The molecule has 5 heteroatoms. The van der Waals surface area contributed by atoms with Crippen molar-refractivity contribution in [3.8, 4) is 0 Å². The van der Waals surface area contributed by atoms with Gasteiger partial charge < -0.3 is 5.32 Å². The molecule has 1 aliphatic carbocycles. The van der Waals surface area contributed by atoms with Crippen molar-refractivity contribution in [2.75, 3.05) is 6.54 Å². The normalized spacial score (nSPS) is 14.4. The number of aryl methyl sites for hydroxylation is 1. The Balaban J connectivity index is 2.18. The first-order chi connectivity index (χ1) is 8.08. The quantitative estimate of drug-likeness (QED) is 0.507. The first-order valence-corrected chi connectivity index (χ1v) is 6.02.